The number of hydrogen-bond acceptors (Lipinski definition) is 3. The minimum absolute atomic E-state index is 0.150. The molecule has 3 nitrogen and oxygen atoms in total. The Hall–Kier alpha value is -0.120. The lowest BCUT2D eigenvalue weighted by molar-refractivity contribution is -0.111. The summed E-state index contributed by atoms with van der Waals surface area (Å²) in [5, 5.41) is 9.51. The molecule has 0 bridgehead atoms. The topological polar surface area (TPSA) is 38.7 Å². The van der Waals surface area contributed by atoms with Gasteiger partial charge in [0.15, 0.2) is 0 Å². The van der Waals surface area contributed by atoms with E-state index in [4.69, 9.17) is 9.47 Å². The molecule has 1 saturated heterocycles. The molecule has 2 fully saturated rings. The van der Waals surface area contributed by atoms with Gasteiger partial charge in [0.25, 0.3) is 0 Å². The molecule has 2 aliphatic rings. The van der Waals surface area contributed by atoms with Gasteiger partial charge in [-0.05, 0) is 25.7 Å². The molecule has 3 atom stereocenters. The van der Waals surface area contributed by atoms with Crippen LogP contribution in [0.25, 0.3) is 0 Å². The standard InChI is InChI=1S/C11H20O3/c1-13-10-5-2-4-9(10)11(8-12)6-3-7-14-11/h9-10,12H,2-8H2,1H3. The van der Waals surface area contributed by atoms with Gasteiger partial charge < -0.3 is 14.6 Å². The normalized spacial score (nSPS) is 43.3. The summed E-state index contributed by atoms with van der Waals surface area (Å²) in [7, 11) is 1.77. The van der Waals surface area contributed by atoms with Crippen LogP contribution in [0.5, 0.6) is 0 Å². The second-order valence-electron chi connectivity index (χ2n) is 4.49. The van der Waals surface area contributed by atoms with E-state index in [2.05, 4.69) is 0 Å². The summed E-state index contributed by atoms with van der Waals surface area (Å²) in [6.07, 6.45) is 5.82. The number of rotatable bonds is 3. The fraction of sp³-hybridized carbons (Fsp3) is 1.00. The third-order valence-electron chi connectivity index (χ3n) is 3.83. The first kappa shape index (κ1) is 10.4. The van der Waals surface area contributed by atoms with E-state index < -0.39 is 0 Å². The first-order chi connectivity index (χ1) is 6.82. The molecule has 0 aromatic heterocycles. The molecule has 14 heavy (non-hydrogen) atoms. The monoisotopic (exact) mass is 200 g/mol. The maximum atomic E-state index is 9.51. The van der Waals surface area contributed by atoms with Gasteiger partial charge in [-0.15, -0.1) is 0 Å². The number of hydrogen-bond donors (Lipinski definition) is 1. The second kappa shape index (κ2) is 4.17. The van der Waals surface area contributed by atoms with Crippen LogP contribution in [0.3, 0.4) is 0 Å². The largest absolute Gasteiger partial charge is 0.393 e. The first-order valence-electron chi connectivity index (χ1n) is 5.60. The number of aliphatic hydroxyl groups is 1. The van der Waals surface area contributed by atoms with Crippen molar-refractivity contribution in [2.24, 2.45) is 5.92 Å². The average molecular weight is 200 g/mol. The zero-order valence-corrected chi connectivity index (χ0v) is 8.87. The lowest BCUT2D eigenvalue weighted by atomic mass is 9.83. The van der Waals surface area contributed by atoms with Crippen molar-refractivity contribution in [3.05, 3.63) is 0 Å². The molecular weight excluding hydrogens is 180 g/mol. The van der Waals surface area contributed by atoms with Gasteiger partial charge in [-0.25, -0.2) is 0 Å². The van der Waals surface area contributed by atoms with Crippen LogP contribution >= 0.6 is 0 Å². The lowest BCUT2D eigenvalue weighted by Gasteiger charge is -2.35. The molecule has 1 aliphatic heterocycles. The Bertz CT molecular complexity index is 187. The van der Waals surface area contributed by atoms with Crippen molar-refractivity contribution in [3.8, 4) is 0 Å². The van der Waals surface area contributed by atoms with Crippen molar-refractivity contribution in [2.75, 3.05) is 20.3 Å². The molecule has 3 heteroatoms. The summed E-state index contributed by atoms with van der Waals surface area (Å²) in [5.41, 5.74) is -0.281. The Kier molecular flexibility index (Phi) is 3.10. The summed E-state index contributed by atoms with van der Waals surface area (Å²) in [6.45, 7) is 0.949. The summed E-state index contributed by atoms with van der Waals surface area (Å²) in [6, 6.07) is 0. The summed E-state index contributed by atoms with van der Waals surface area (Å²) in [4.78, 5) is 0. The predicted octanol–water partition coefficient (Wildman–Crippen LogP) is 1.34. The predicted molar refractivity (Wildman–Crippen MR) is 53.1 cm³/mol. The maximum Gasteiger partial charge on any atom is 0.0965 e. The van der Waals surface area contributed by atoms with Gasteiger partial charge >= 0.3 is 0 Å². The minimum Gasteiger partial charge on any atom is -0.393 e. The van der Waals surface area contributed by atoms with Crippen LogP contribution < -0.4 is 0 Å². The Morgan fingerprint density at radius 2 is 2.29 bits per heavy atom. The third kappa shape index (κ3) is 1.58. The molecule has 1 heterocycles. The lowest BCUT2D eigenvalue weighted by Crippen LogP contribution is -2.45. The average Bonchev–Trinajstić information content (AvgIpc) is 2.86. The van der Waals surface area contributed by atoms with E-state index in [0.29, 0.717) is 12.0 Å². The van der Waals surface area contributed by atoms with Gasteiger partial charge in [-0.1, -0.05) is 6.42 Å². The van der Waals surface area contributed by atoms with E-state index in [1.807, 2.05) is 0 Å². The molecule has 0 spiro atoms. The van der Waals surface area contributed by atoms with Crippen LogP contribution in [0.4, 0.5) is 0 Å². The number of aliphatic hydroxyl groups excluding tert-OH is 1. The van der Waals surface area contributed by atoms with E-state index in [1.165, 1.54) is 6.42 Å². The molecule has 0 radical (unpaired) electrons. The van der Waals surface area contributed by atoms with Gasteiger partial charge in [-0.3, -0.25) is 0 Å². The van der Waals surface area contributed by atoms with Crippen molar-refractivity contribution in [2.45, 2.75) is 43.8 Å². The zero-order valence-electron chi connectivity index (χ0n) is 8.87. The highest BCUT2D eigenvalue weighted by Crippen LogP contribution is 2.43. The molecule has 3 unspecified atom stereocenters. The molecule has 2 rings (SSSR count). The third-order valence-corrected chi connectivity index (χ3v) is 3.83. The smallest absolute Gasteiger partial charge is 0.0965 e. The molecular formula is C11H20O3. The van der Waals surface area contributed by atoms with Crippen LogP contribution in [0.2, 0.25) is 0 Å². The molecule has 1 aliphatic carbocycles. The van der Waals surface area contributed by atoms with Crippen molar-refractivity contribution in [1.29, 1.82) is 0 Å². The van der Waals surface area contributed by atoms with E-state index in [0.717, 1.165) is 32.3 Å². The summed E-state index contributed by atoms with van der Waals surface area (Å²) < 4.78 is 11.2. The van der Waals surface area contributed by atoms with E-state index in [-0.39, 0.29) is 12.2 Å². The summed E-state index contributed by atoms with van der Waals surface area (Å²) in [5.74, 6) is 0.403. The van der Waals surface area contributed by atoms with Crippen LogP contribution in [-0.4, -0.2) is 37.1 Å². The van der Waals surface area contributed by atoms with Crippen molar-refractivity contribution in [1.82, 2.24) is 0 Å². The maximum absolute atomic E-state index is 9.51. The van der Waals surface area contributed by atoms with Gasteiger partial charge in [-0.2, -0.15) is 0 Å². The van der Waals surface area contributed by atoms with E-state index >= 15 is 0 Å². The van der Waals surface area contributed by atoms with Crippen molar-refractivity contribution in [3.63, 3.8) is 0 Å². The van der Waals surface area contributed by atoms with Gasteiger partial charge in [0, 0.05) is 19.6 Å². The highest BCUT2D eigenvalue weighted by atomic mass is 16.5. The molecule has 0 amide bonds. The molecule has 1 saturated carbocycles. The van der Waals surface area contributed by atoms with Crippen molar-refractivity contribution < 1.29 is 14.6 Å². The fourth-order valence-corrected chi connectivity index (χ4v) is 3.06. The number of methoxy groups -OCH3 is 1. The van der Waals surface area contributed by atoms with Gasteiger partial charge in [0.2, 0.25) is 0 Å². The highest BCUT2D eigenvalue weighted by Gasteiger charge is 2.47. The molecule has 0 aromatic carbocycles. The van der Waals surface area contributed by atoms with E-state index in [9.17, 15) is 5.11 Å². The van der Waals surface area contributed by atoms with Crippen molar-refractivity contribution >= 4 is 0 Å². The quantitative estimate of drug-likeness (QED) is 0.747. The Morgan fingerprint density at radius 3 is 2.86 bits per heavy atom. The Balaban J connectivity index is 2.10. The van der Waals surface area contributed by atoms with Gasteiger partial charge in [0.1, 0.15) is 0 Å². The fourth-order valence-electron chi connectivity index (χ4n) is 3.06. The second-order valence-corrected chi connectivity index (χ2v) is 4.49. The van der Waals surface area contributed by atoms with Crippen LogP contribution in [0.15, 0.2) is 0 Å². The van der Waals surface area contributed by atoms with Crippen LogP contribution in [0, 0.1) is 5.92 Å². The molecule has 1 N–H and O–H groups in total. The number of ether oxygens (including phenoxy) is 2. The van der Waals surface area contributed by atoms with Crippen LogP contribution in [-0.2, 0) is 9.47 Å². The molecule has 82 valence electrons. The Labute approximate surface area is 85.4 Å². The van der Waals surface area contributed by atoms with Crippen LogP contribution in [0.1, 0.15) is 32.1 Å². The summed E-state index contributed by atoms with van der Waals surface area (Å²) >= 11 is 0. The SMILES string of the molecule is COC1CCCC1C1(CO)CCCO1. The highest BCUT2D eigenvalue weighted by molar-refractivity contribution is 4.97. The minimum atomic E-state index is -0.281. The first-order valence-corrected chi connectivity index (χ1v) is 5.60. The zero-order chi connectivity index (χ0) is 10.0. The van der Waals surface area contributed by atoms with E-state index in [1.54, 1.807) is 7.11 Å². The molecule has 0 aromatic rings. The van der Waals surface area contributed by atoms with Gasteiger partial charge in [0.05, 0.1) is 18.3 Å². The Morgan fingerprint density at radius 1 is 1.43 bits per heavy atom.